The Kier molecular flexibility index (Phi) is 5.90. The number of H-pyrrole nitrogens is 1. The number of benzene rings is 3. The molecule has 0 spiro atoms. The molecule has 180 valence electrons. The van der Waals surface area contributed by atoms with Gasteiger partial charge < -0.3 is 14.8 Å². The first-order valence-corrected chi connectivity index (χ1v) is 11.6. The number of aromatic nitrogens is 2. The normalized spacial score (nSPS) is 12.0. The number of aryl methyl sites for hydroxylation is 1. The smallest absolute Gasteiger partial charge is 0.337 e. The first kappa shape index (κ1) is 23.1. The molecule has 5 aromatic rings. The number of hydrogen-bond donors (Lipinski definition) is 3. The number of aromatic carboxylic acids is 1. The number of nitrogens with one attached hydrogen (secondary N) is 2. The lowest BCUT2D eigenvalue weighted by molar-refractivity contribution is 0.0698. The molecule has 0 radical (unpaired) electrons. The van der Waals surface area contributed by atoms with Crippen LogP contribution in [0.4, 0.5) is 5.69 Å². The maximum atomic E-state index is 13.4. The molecule has 3 aromatic carbocycles. The fourth-order valence-corrected chi connectivity index (χ4v) is 4.49. The number of rotatable bonds is 6. The Morgan fingerprint density at radius 2 is 1.75 bits per heavy atom. The molecule has 0 bridgehead atoms. The molecule has 0 saturated heterocycles. The highest BCUT2D eigenvalue weighted by atomic mass is 16.4. The minimum absolute atomic E-state index is 0.0896. The van der Waals surface area contributed by atoms with E-state index < -0.39 is 5.97 Å². The number of hydrogen-bond acceptors (Lipinski definition) is 5. The van der Waals surface area contributed by atoms with Crippen LogP contribution in [-0.2, 0) is 0 Å². The van der Waals surface area contributed by atoms with Crippen LogP contribution in [0.3, 0.4) is 0 Å². The van der Waals surface area contributed by atoms with E-state index in [1.54, 1.807) is 37.4 Å². The molecule has 0 saturated carbocycles. The zero-order chi connectivity index (χ0) is 25.4. The topological polar surface area (TPSA) is 108 Å². The Labute approximate surface area is 207 Å². The van der Waals surface area contributed by atoms with Gasteiger partial charge >= 0.3 is 5.97 Å². The lowest BCUT2D eigenvalue weighted by atomic mass is 9.98. The summed E-state index contributed by atoms with van der Waals surface area (Å²) >= 11 is 0. The second-order valence-electron chi connectivity index (χ2n) is 8.90. The predicted octanol–water partition coefficient (Wildman–Crippen LogP) is 6.34. The third-order valence-corrected chi connectivity index (χ3v) is 6.37. The molecule has 0 aliphatic heterocycles. The van der Waals surface area contributed by atoms with Crippen molar-refractivity contribution < 1.29 is 14.3 Å². The van der Waals surface area contributed by atoms with Gasteiger partial charge in [0, 0.05) is 34.1 Å². The summed E-state index contributed by atoms with van der Waals surface area (Å²) in [6, 6.07) is 18.0. The van der Waals surface area contributed by atoms with Crippen LogP contribution >= 0.6 is 0 Å². The van der Waals surface area contributed by atoms with Crippen LogP contribution in [0.25, 0.3) is 33.4 Å². The molecule has 7 nitrogen and oxygen atoms in total. The Hall–Kier alpha value is -4.65. The van der Waals surface area contributed by atoms with E-state index in [0.717, 1.165) is 27.8 Å². The standard InChI is InChI=1S/C29H25N3O4/c1-16-12-23(18(3)32-25-7-5-4-6-22(25)29(34)35)28-24(13-16)26(33)17(2)27(36-28)20-10-8-19(9-11-20)21-14-30-31-15-21/h4-15,18,32H,1-3H3,(H,30,31)(H,34,35). The van der Waals surface area contributed by atoms with Crippen LogP contribution in [0.5, 0.6) is 0 Å². The third-order valence-electron chi connectivity index (χ3n) is 6.37. The van der Waals surface area contributed by atoms with E-state index >= 15 is 0 Å². The molecule has 1 unspecified atom stereocenters. The predicted molar refractivity (Wildman–Crippen MR) is 140 cm³/mol. The minimum atomic E-state index is -1.01. The summed E-state index contributed by atoms with van der Waals surface area (Å²) in [5.74, 6) is -0.503. The van der Waals surface area contributed by atoms with Gasteiger partial charge in [0.2, 0.25) is 0 Å². The molecule has 7 heteroatoms. The van der Waals surface area contributed by atoms with E-state index in [2.05, 4.69) is 15.5 Å². The van der Waals surface area contributed by atoms with Crippen molar-refractivity contribution in [1.82, 2.24) is 10.2 Å². The maximum absolute atomic E-state index is 13.4. The van der Waals surface area contributed by atoms with Crippen molar-refractivity contribution in [3.8, 4) is 22.5 Å². The molecular weight excluding hydrogens is 454 g/mol. The molecule has 5 rings (SSSR count). The molecule has 0 aliphatic carbocycles. The van der Waals surface area contributed by atoms with Crippen molar-refractivity contribution in [3.63, 3.8) is 0 Å². The first-order valence-electron chi connectivity index (χ1n) is 11.6. The van der Waals surface area contributed by atoms with Crippen molar-refractivity contribution >= 4 is 22.6 Å². The van der Waals surface area contributed by atoms with E-state index in [9.17, 15) is 14.7 Å². The van der Waals surface area contributed by atoms with Gasteiger partial charge in [-0.05, 0) is 50.1 Å². The summed E-state index contributed by atoms with van der Waals surface area (Å²) < 4.78 is 6.44. The molecular formula is C29H25N3O4. The van der Waals surface area contributed by atoms with Crippen LogP contribution in [0.1, 0.15) is 40.0 Å². The van der Waals surface area contributed by atoms with Crippen LogP contribution < -0.4 is 10.7 Å². The summed E-state index contributed by atoms with van der Waals surface area (Å²) in [5, 5.41) is 20.2. The van der Waals surface area contributed by atoms with E-state index in [4.69, 9.17) is 4.42 Å². The number of nitrogens with zero attached hydrogens (tertiary/aromatic N) is 1. The van der Waals surface area contributed by atoms with Gasteiger partial charge in [0.1, 0.15) is 11.3 Å². The number of fused-ring (bicyclic) bond motifs is 1. The molecule has 1 atom stereocenters. The number of aromatic amines is 1. The van der Waals surface area contributed by atoms with Crippen molar-refractivity contribution in [2.24, 2.45) is 0 Å². The number of carboxylic acid groups (broad SMARTS) is 1. The summed E-state index contributed by atoms with van der Waals surface area (Å²) in [4.78, 5) is 25.1. The van der Waals surface area contributed by atoms with Crippen molar-refractivity contribution in [3.05, 3.63) is 106 Å². The number of carboxylic acids is 1. The first-order chi connectivity index (χ1) is 17.3. The van der Waals surface area contributed by atoms with Crippen LogP contribution in [-0.4, -0.2) is 21.3 Å². The largest absolute Gasteiger partial charge is 0.478 e. The molecule has 36 heavy (non-hydrogen) atoms. The molecule has 0 aliphatic rings. The van der Waals surface area contributed by atoms with Crippen molar-refractivity contribution in [1.29, 1.82) is 0 Å². The van der Waals surface area contributed by atoms with Gasteiger partial charge in [-0.2, -0.15) is 5.10 Å². The average molecular weight is 480 g/mol. The second kappa shape index (κ2) is 9.19. The highest BCUT2D eigenvalue weighted by Gasteiger charge is 2.20. The summed E-state index contributed by atoms with van der Waals surface area (Å²) in [6.07, 6.45) is 3.57. The molecule has 0 fully saturated rings. The Bertz CT molecular complexity index is 1630. The third kappa shape index (κ3) is 4.15. The number of carbonyl (C=O) groups is 1. The number of anilines is 1. The van der Waals surface area contributed by atoms with Gasteiger partial charge in [0.25, 0.3) is 0 Å². The van der Waals surface area contributed by atoms with E-state index in [-0.39, 0.29) is 17.0 Å². The monoisotopic (exact) mass is 479 g/mol. The SMILES string of the molecule is Cc1cc(C(C)Nc2ccccc2C(=O)O)c2oc(-c3ccc(-c4cn[nH]c4)cc3)c(C)c(=O)c2c1. The average Bonchev–Trinajstić information content (AvgIpc) is 3.41. The number of para-hydroxylation sites is 1. The van der Waals surface area contributed by atoms with Gasteiger partial charge in [-0.25, -0.2) is 4.79 Å². The Morgan fingerprint density at radius 1 is 1.03 bits per heavy atom. The van der Waals surface area contributed by atoms with Crippen LogP contribution in [0.2, 0.25) is 0 Å². The van der Waals surface area contributed by atoms with Crippen molar-refractivity contribution in [2.45, 2.75) is 26.8 Å². The molecule has 2 heterocycles. The van der Waals surface area contributed by atoms with Gasteiger partial charge in [0.05, 0.1) is 23.2 Å². The summed E-state index contributed by atoms with van der Waals surface area (Å²) in [5.41, 5.74) is 6.06. The fourth-order valence-electron chi connectivity index (χ4n) is 4.49. The Morgan fingerprint density at radius 3 is 2.44 bits per heavy atom. The van der Waals surface area contributed by atoms with Crippen LogP contribution in [0.15, 0.2) is 82.3 Å². The summed E-state index contributed by atoms with van der Waals surface area (Å²) in [6.45, 7) is 5.63. The maximum Gasteiger partial charge on any atom is 0.337 e. The highest BCUT2D eigenvalue weighted by Crippen LogP contribution is 2.33. The zero-order valence-corrected chi connectivity index (χ0v) is 20.1. The lowest BCUT2D eigenvalue weighted by Gasteiger charge is -2.20. The second-order valence-corrected chi connectivity index (χ2v) is 8.90. The van der Waals surface area contributed by atoms with E-state index in [0.29, 0.717) is 28.0 Å². The minimum Gasteiger partial charge on any atom is -0.478 e. The van der Waals surface area contributed by atoms with Gasteiger partial charge in [-0.15, -0.1) is 0 Å². The molecule has 2 aromatic heterocycles. The van der Waals surface area contributed by atoms with E-state index in [1.165, 1.54) is 0 Å². The molecule has 0 amide bonds. The van der Waals surface area contributed by atoms with Gasteiger partial charge in [0.15, 0.2) is 5.43 Å². The fraction of sp³-hybridized carbons (Fsp3) is 0.138. The van der Waals surface area contributed by atoms with Crippen molar-refractivity contribution in [2.75, 3.05) is 5.32 Å². The zero-order valence-electron chi connectivity index (χ0n) is 20.1. The lowest BCUT2D eigenvalue weighted by Crippen LogP contribution is -2.14. The van der Waals surface area contributed by atoms with Crippen LogP contribution in [0, 0.1) is 13.8 Å². The highest BCUT2D eigenvalue weighted by molar-refractivity contribution is 5.94. The van der Waals surface area contributed by atoms with E-state index in [1.807, 2.05) is 56.4 Å². The Balaban J connectivity index is 1.61. The quantitative estimate of drug-likeness (QED) is 0.262. The van der Waals surface area contributed by atoms with Gasteiger partial charge in [-0.1, -0.05) is 42.5 Å². The summed E-state index contributed by atoms with van der Waals surface area (Å²) in [7, 11) is 0. The van der Waals surface area contributed by atoms with Gasteiger partial charge in [-0.3, -0.25) is 9.89 Å². The molecule has 3 N–H and O–H groups in total.